The van der Waals surface area contributed by atoms with Crippen LogP contribution in [0.15, 0.2) is 51.6 Å². The van der Waals surface area contributed by atoms with Crippen LogP contribution in [0.5, 0.6) is 5.75 Å². The van der Waals surface area contributed by atoms with Crippen LogP contribution in [0.25, 0.3) is 0 Å². The van der Waals surface area contributed by atoms with Gasteiger partial charge in [-0.05, 0) is 24.1 Å². The van der Waals surface area contributed by atoms with Gasteiger partial charge in [0.2, 0.25) is 10.0 Å². The summed E-state index contributed by atoms with van der Waals surface area (Å²) < 4.78 is 38.1. The van der Waals surface area contributed by atoms with Crippen molar-refractivity contribution in [3.8, 4) is 5.75 Å². The number of methoxy groups -OCH3 is 1. The lowest BCUT2D eigenvalue weighted by molar-refractivity contribution is 0.0730. The number of hydrogen-bond acceptors (Lipinski definition) is 8. The standard InChI is InChI=1S/C21H29N5O4S/c1-14(2)21(22)13-19(25-20-16(21)6-7-23-20)24-17-5-4-15(12-18(17)29-3)31(27,28)26-8-10-30-11-9-26/h4-6,12-14,24H,7-11,22H2,1-3H3,(H,23,25). The highest BCUT2D eigenvalue weighted by molar-refractivity contribution is 7.89. The molecule has 1 saturated heterocycles. The van der Waals surface area contributed by atoms with Crippen molar-refractivity contribution in [3.63, 3.8) is 0 Å². The Bertz CT molecular complexity index is 1060. The number of nitrogens with zero attached hydrogens (tertiary/aromatic N) is 2. The molecule has 4 rings (SSSR count). The molecule has 0 amide bonds. The van der Waals surface area contributed by atoms with Crippen molar-refractivity contribution >= 4 is 21.5 Å². The van der Waals surface area contributed by atoms with Gasteiger partial charge >= 0.3 is 0 Å². The molecule has 0 aromatic heterocycles. The second-order valence-corrected chi connectivity index (χ2v) is 10.0. The van der Waals surface area contributed by atoms with Gasteiger partial charge in [0.25, 0.3) is 0 Å². The number of rotatable bonds is 6. The molecule has 4 N–H and O–H groups in total. The second kappa shape index (κ2) is 8.27. The molecule has 1 fully saturated rings. The van der Waals surface area contributed by atoms with E-state index in [0.717, 1.165) is 11.4 Å². The molecule has 0 radical (unpaired) electrons. The Hall–Kier alpha value is -2.40. The monoisotopic (exact) mass is 447 g/mol. The summed E-state index contributed by atoms with van der Waals surface area (Å²) in [7, 11) is -2.11. The van der Waals surface area contributed by atoms with Gasteiger partial charge in [0.05, 0.1) is 43.0 Å². The minimum absolute atomic E-state index is 0.156. The van der Waals surface area contributed by atoms with Gasteiger partial charge < -0.3 is 25.8 Å². The summed E-state index contributed by atoms with van der Waals surface area (Å²) >= 11 is 0. The number of aliphatic imine (C=N–C) groups is 1. The third-order valence-electron chi connectivity index (χ3n) is 5.91. The molecular weight excluding hydrogens is 418 g/mol. The molecular formula is C21H29N5O4S. The van der Waals surface area contributed by atoms with Gasteiger partial charge in [0.15, 0.2) is 0 Å². The highest BCUT2D eigenvalue weighted by Gasteiger charge is 2.39. The number of benzene rings is 1. The van der Waals surface area contributed by atoms with Crippen molar-refractivity contribution in [1.29, 1.82) is 0 Å². The van der Waals surface area contributed by atoms with E-state index in [1.54, 1.807) is 12.1 Å². The molecule has 31 heavy (non-hydrogen) atoms. The number of sulfonamides is 1. The fraction of sp³-hybridized carbons (Fsp3) is 0.476. The molecule has 1 aromatic carbocycles. The van der Waals surface area contributed by atoms with Crippen LogP contribution in [-0.4, -0.2) is 64.1 Å². The van der Waals surface area contributed by atoms with E-state index in [0.29, 0.717) is 50.1 Å². The van der Waals surface area contributed by atoms with Crippen molar-refractivity contribution in [2.24, 2.45) is 16.6 Å². The van der Waals surface area contributed by atoms with Crippen molar-refractivity contribution in [1.82, 2.24) is 9.62 Å². The number of nitrogens with two attached hydrogens (primary N) is 1. The first kappa shape index (κ1) is 21.8. The topological polar surface area (TPSA) is 118 Å². The lowest BCUT2D eigenvalue weighted by Gasteiger charge is -2.37. The Morgan fingerprint density at radius 3 is 2.74 bits per heavy atom. The van der Waals surface area contributed by atoms with Gasteiger partial charge in [-0.15, -0.1) is 0 Å². The van der Waals surface area contributed by atoms with E-state index in [9.17, 15) is 8.42 Å². The van der Waals surface area contributed by atoms with Crippen LogP contribution < -0.4 is 21.1 Å². The second-order valence-electron chi connectivity index (χ2n) is 8.08. The van der Waals surface area contributed by atoms with E-state index >= 15 is 0 Å². The van der Waals surface area contributed by atoms with Crippen LogP contribution in [0.2, 0.25) is 0 Å². The number of fused-ring (bicyclic) bond motifs is 1. The minimum atomic E-state index is -3.62. The average Bonchev–Trinajstić information content (AvgIpc) is 3.24. The lowest BCUT2D eigenvalue weighted by Crippen LogP contribution is -2.53. The highest BCUT2D eigenvalue weighted by Crippen LogP contribution is 2.34. The number of amidine groups is 1. The zero-order valence-corrected chi connectivity index (χ0v) is 18.8. The highest BCUT2D eigenvalue weighted by atomic mass is 32.2. The van der Waals surface area contributed by atoms with Gasteiger partial charge in [-0.3, -0.25) is 4.99 Å². The third-order valence-corrected chi connectivity index (χ3v) is 7.80. The van der Waals surface area contributed by atoms with Gasteiger partial charge in [-0.2, -0.15) is 4.31 Å². The number of hydrogen-bond donors (Lipinski definition) is 3. The number of ether oxygens (including phenoxy) is 2. The van der Waals surface area contributed by atoms with Gasteiger partial charge in [-0.25, -0.2) is 8.42 Å². The first-order valence-corrected chi connectivity index (χ1v) is 11.8. The van der Waals surface area contributed by atoms with E-state index < -0.39 is 15.6 Å². The Morgan fingerprint density at radius 1 is 1.32 bits per heavy atom. The summed E-state index contributed by atoms with van der Waals surface area (Å²) in [5.41, 5.74) is 7.69. The number of nitrogens with one attached hydrogen (secondary N) is 2. The maximum Gasteiger partial charge on any atom is 0.243 e. The largest absolute Gasteiger partial charge is 0.495 e. The molecule has 3 heterocycles. The summed E-state index contributed by atoms with van der Waals surface area (Å²) in [6.45, 7) is 6.21. The van der Waals surface area contributed by atoms with Crippen LogP contribution in [0, 0.1) is 5.92 Å². The predicted molar refractivity (Wildman–Crippen MR) is 120 cm³/mol. The van der Waals surface area contributed by atoms with E-state index in [-0.39, 0.29) is 10.8 Å². The quantitative estimate of drug-likeness (QED) is 0.601. The molecule has 0 saturated carbocycles. The first-order chi connectivity index (χ1) is 14.8. The summed E-state index contributed by atoms with van der Waals surface area (Å²) in [6, 6.07) is 4.81. The summed E-state index contributed by atoms with van der Waals surface area (Å²) in [4.78, 5) is 4.68. The van der Waals surface area contributed by atoms with Crippen LogP contribution in [-0.2, 0) is 14.8 Å². The van der Waals surface area contributed by atoms with E-state index in [1.165, 1.54) is 17.5 Å². The van der Waals surface area contributed by atoms with Crippen molar-refractivity contribution in [3.05, 3.63) is 41.7 Å². The predicted octanol–water partition coefficient (Wildman–Crippen LogP) is 1.26. The smallest absolute Gasteiger partial charge is 0.243 e. The number of anilines is 1. The van der Waals surface area contributed by atoms with Crippen molar-refractivity contribution in [2.45, 2.75) is 24.3 Å². The van der Waals surface area contributed by atoms with Gasteiger partial charge in [0, 0.05) is 24.7 Å². The van der Waals surface area contributed by atoms with Crippen LogP contribution in [0.4, 0.5) is 5.69 Å². The Morgan fingerprint density at radius 2 is 2.06 bits per heavy atom. The zero-order chi connectivity index (χ0) is 22.2. The van der Waals surface area contributed by atoms with Gasteiger partial charge in [-0.1, -0.05) is 19.9 Å². The maximum absolute atomic E-state index is 13.0. The summed E-state index contributed by atoms with van der Waals surface area (Å²) in [5.74, 6) is 2.01. The fourth-order valence-electron chi connectivity index (χ4n) is 3.94. The first-order valence-electron chi connectivity index (χ1n) is 10.3. The minimum Gasteiger partial charge on any atom is -0.495 e. The molecule has 1 unspecified atom stereocenters. The van der Waals surface area contributed by atoms with Gasteiger partial charge in [0.1, 0.15) is 17.4 Å². The van der Waals surface area contributed by atoms with Crippen LogP contribution >= 0.6 is 0 Å². The molecule has 0 aliphatic carbocycles. The van der Waals surface area contributed by atoms with Crippen molar-refractivity contribution in [2.75, 3.05) is 45.3 Å². The van der Waals surface area contributed by atoms with E-state index in [2.05, 4.69) is 29.5 Å². The fourth-order valence-corrected chi connectivity index (χ4v) is 5.36. The maximum atomic E-state index is 13.0. The van der Waals surface area contributed by atoms with Crippen molar-refractivity contribution < 1.29 is 17.9 Å². The summed E-state index contributed by atoms with van der Waals surface area (Å²) in [6.07, 6.45) is 3.99. The Balaban J connectivity index is 1.63. The number of morpholine rings is 1. The molecule has 10 heteroatoms. The van der Waals surface area contributed by atoms with E-state index in [1.807, 2.05) is 12.2 Å². The lowest BCUT2D eigenvalue weighted by atomic mass is 9.78. The zero-order valence-electron chi connectivity index (χ0n) is 18.0. The molecule has 0 bridgehead atoms. The molecule has 9 nitrogen and oxygen atoms in total. The molecule has 0 spiro atoms. The average molecular weight is 448 g/mol. The molecule has 168 valence electrons. The molecule has 1 atom stereocenters. The van der Waals surface area contributed by atoms with Crippen LogP contribution in [0.1, 0.15) is 13.8 Å². The molecule has 3 aliphatic rings. The molecule has 3 aliphatic heterocycles. The van der Waals surface area contributed by atoms with Crippen LogP contribution in [0.3, 0.4) is 0 Å². The Kier molecular flexibility index (Phi) is 5.82. The Labute approximate surface area is 183 Å². The molecule has 1 aromatic rings. The SMILES string of the molecule is COc1cc(S(=O)(=O)N2CCOCC2)ccc1NC1=CC(N)(C(C)C)C2=CCN=C2N1. The van der Waals surface area contributed by atoms with E-state index in [4.69, 9.17) is 15.2 Å². The third kappa shape index (κ3) is 3.96. The summed E-state index contributed by atoms with van der Waals surface area (Å²) in [5, 5.41) is 6.57. The normalized spacial score (nSPS) is 24.1.